The maximum Gasteiger partial charge on any atom is 0.379 e. The lowest BCUT2D eigenvalue weighted by molar-refractivity contribution is -0.114. The molecule has 3 aromatic rings. The number of fused-ring (bicyclic) bond motifs is 1. The Bertz CT molecular complexity index is 1380. The molecule has 0 aliphatic carbocycles. The van der Waals surface area contributed by atoms with Crippen LogP contribution in [0.4, 0.5) is 0 Å². The largest absolute Gasteiger partial charge is 0.457 e. The van der Waals surface area contributed by atoms with E-state index in [9.17, 15) is 9.59 Å². The number of amidine groups is 2. The Morgan fingerprint density at radius 1 is 1.14 bits per heavy atom. The minimum absolute atomic E-state index is 0.0289. The highest BCUT2D eigenvalue weighted by Gasteiger charge is 2.37. The molecule has 0 radical (unpaired) electrons. The highest BCUT2D eigenvalue weighted by atomic mass is 32.2. The number of amides is 1. The Balaban J connectivity index is 1.35. The first-order chi connectivity index (χ1) is 17.0. The van der Waals surface area contributed by atoms with Gasteiger partial charge in [-0.05, 0) is 59.7 Å². The van der Waals surface area contributed by atoms with Gasteiger partial charge >= 0.3 is 5.97 Å². The van der Waals surface area contributed by atoms with Crippen molar-refractivity contribution in [2.45, 2.75) is 19.3 Å². The van der Waals surface area contributed by atoms with E-state index in [2.05, 4.69) is 17.0 Å². The second-order valence-corrected chi connectivity index (χ2v) is 8.75. The lowest BCUT2D eigenvalue weighted by Gasteiger charge is -2.20. The van der Waals surface area contributed by atoms with Gasteiger partial charge in [0.1, 0.15) is 10.8 Å². The molecular weight excluding hydrogens is 464 g/mol. The summed E-state index contributed by atoms with van der Waals surface area (Å²) < 4.78 is 10.3. The molecule has 1 aromatic heterocycles. The molecule has 1 amide bonds. The van der Waals surface area contributed by atoms with Crippen LogP contribution in [0.1, 0.15) is 40.9 Å². The third-order valence-electron chi connectivity index (χ3n) is 5.50. The number of hydrogen-bond donors (Lipinski definition) is 1. The van der Waals surface area contributed by atoms with Crippen LogP contribution in [-0.2, 0) is 4.79 Å². The number of benzene rings is 2. The molecule has 2 aromatic carbocycles. The number of hydrogen-bond acceptors (Lipinski definition) is 7. The number of hydrazone groups is 1. The van der Waals surface area contributed by atoms with E-state index in [0.717, 1.165) is 17.0 Å². The van der Waals surface area contributed by atoms with Gasteiger partial charge in [-0.3, -0.25) is 10.2 Å². The zero-order valence-electron chi connectivity index (χ0n) is 18.7. The quantitative estimate of drug-likeness (QED) is 0.288. The molecule has 0 fully saturated rings. The number of rotatable bonds is 6. The van der Waals surface area contributed by atoms with Crippen LogP contribution in [0.3, 0.4) is 0 Å². The number of nitrogens with one attached hydrogen (secondary N) is 1. The lowest BCUT2D eigenvalue weighted by Crippen LogP contribution is -2.35. The number of esters is 1. The van der Waals surface area contributed by atoms with Gasteiger partial charge < -0.3 is 9.15 Å². The van der Waals surface area contributed by atoms with E-state index >= 15 is 0 Å². The predicted octanol–water partition coefficient (Wildman–Crippen LogP) is 5.31. The van der Waals surface area contributed by atoms with Crippen LogP contribution in [0.15, 0.2) is 93.1 Å². The molecule has 2 aliphatic rings. The Labute approximate surface area is 205 Å². The summed E-state index contributed by atoms with van der Waals surface area (Å²) in [4.78, 5) is 28.9. The molecule has 2 aliphatic heterocycles. The SMILES string of the molecule is CCC(C1=NN2C(=N)C(=Cc3ccc(OC(=O)c4ccco4)cc3)C(=O)N=C2S1)c1ccccc1. The summed E-state index contributed by atoms with van der Waals surface area (Å²) in [6, 6.07) is 19.7. The first-order valence-corrected chi connectivity index (χ1v) is 11.8. The second-order valence-electron chi connectivity index (χ2n) is 7.77. The van der Waals surface area contributed by atoms with Crippen molar-refractivity contribution in [1.29, 1.82) is 5.41 Å². The first-order valence-electron chi connectivity index (χ1n) is 10.9. The summed E-state index contributed by atoms with van der Waals surface area (Å²) in [5, 5.41) is 15.9. The highest BCUT2D eigenvalue weighted by molar-refractivity contribution is 8.27. The van der Waals surface area contributed by atoms with Crippen molar-refractivity contribution in [2.75, 3.05) is 0 Å². The summed E-state index contributed by atoms with van der Waals surface area (Å²) in [6.07, 6.45) is 3.80. The summed E-state index contributed by atoms with van der Waals surface area (Å²) in [6.45, 7) is 2.08. The number of thioether (sulfide) groups is 1. The molecule has 35 heavy (non-hydrogen) atoms. The lowest BCUT2D eigenvalue weighted by atomic mass is 9.98. The summed E-state index contributed by atoms with van der Waals surface area (Å²) in [5.74, 6) is -0.637. The minimum Gasteiger partial charge on any atom is -0.457 e. The molecule has 9 heteroatoms. The molecule has 0 bridgehead atoms. The van der Waals surface area contributed by atoms with Crippen LogP contribution >= 0.6 is 11.8 Å². The summed E-state index contributed by atoms with van der Waals surface area (Å²) >= 11 is 1.33. The zero-order chi connectivity index (χ0) is 24.4. The van der Waals surface area contributed by atoms with Gasteiger partial charge in [-0.1, -0.05) is 49.4 Å². The normalized spacial score (nSPS) is 17.2. The van der Waals surface area contributed by atoms with Crippen LogP contribution < -0.4 is 4.74 Å². The first kappa shape index (κ1) is 22.5. The average Bonchev–Trinajstić information content (AvgIpc) is 3.55. The van der Waals surface area contributed by atoms with Crippen LogP contribution in [-0.4, -0.2) is 32.9 Å². The van der Waals surface area contributed by atoms with Gasteiger partial charge in [0.2, 0.25) is 10.9 Å². The monoisotopic (exact) mass is 484 g/mol. The van der Waals surface area contributed by atoms with Crippen LogP contribution in [0.25, 0.3) is 6.08 Å². The van der Waals surface area contributed by atoms with Crippen LogP contribution in [0.2, 0.25) is 0 Å². The Morgan fingerprint density at radius 3 is 2.60 bits per heavy atom. The number of nitrogens with zero attached hydrogens (tertiary/aromatic N) is 3. The minimum atomic E-state index is -0.603. The van der Waals surface area contributed by atoms with E-state index in [4.69, 9.17) is 14.6 Å². The van der Waals surface area contributed by atoms with Crippen molar-refractivity contribution in [2.24, 2.45) is 10.1 Å². The van der Waals surface area contributed by atoms with Gasteiger partial charge in [-0.15, -0.1) is 0 Å². The van der Waals surface area contributed by atoms with E-state index in [1.165, 1.54) is 29.1 Å². The second kappa shape index (κ2) is 9.55. The highest BCUT2D eigenvalue weighted by Crippen LogP contribution is 2.36. The smallest absolute Gasteiger partial charge is 0.379 e. The molecule has 8 nitrogen and oxygen atoms in total. The Kier molecular flexibility index (Phi) is 6.15. The summed E-state index contributed by atoms with van der Waals surface area (Å²) in [5.41, 5.74) is 1.91. The molecule has 1 atom stereocenters. The van der Waals surface area contributed by atoms with Gasteiger partial charge in [0.05, 0.1) is 11.8 Å². The molecule has 0 saturated heterocycles. The van der Waals surface area contributed by atoms with Crippen molar-refractivity contribution in [3.63, 3.8) is 0 Å². The number of ether oxygens (including phenoxy) is 1. The molecule has 0 saturated carbocycles. The van der Waals surface area contributed by atoms with Crippen molar-refractivity contribution < 1.29 is 18.7 Å². The van der Waals surface area contributed by atoms with E-state index in [-0.39, 0.29) is 23.1 Å². The van der Waals surface area contributed by atoms with Gasteiger partial charge in [-0.2, -0.15) is 15.1 Å². The number of carbonyl (C=O) groups excluding carboxylic acids is 2. The van der Waals surface area contributed by atoms with Crippen molar-refractivity contribution in [3.05, 3.63) is 95.5 Å². The molecule has 3 heterocycles. The standard InChI is InChI=1S/C26H20N4O4S/c1-2-19(17-7-4-3-5-8-17)24-29-30-22(27)20(23(31)28-26(30)35-24)15-16-10-12-18(13-11-16)34-25(32)21-9-6-14-33-21/h3-15,19,27H,2H2,1H3. The van der Waals surface area contributed by atoms with E-state index < -0.39 is 11.9 Å². The average molecular weight is 485 g/mol. The predicted molar refractivity (Wildman–Crippen MR) is 135 cm³/mol. The summed E-state index contributed by atoms with van der Waals surface area (Å²) in [7, 11) is 0. The third kappa shape index (κ3) is 4.58. The third-order valence-corrected chi connectivity index (χ3v) is 6.52. The fourth-order valence-electron chi connectivity index (χ4n) is 3.74. The van der Waals surface area contributed by atoms with Crippen LogP contribution in [0.5, 0.6) is 5.75 Å². The fourth-order valence-corrected chi connectivity index (χ4v) is 4.84. The molecular formula is C26H20N4O4S. The van der Waals surface area contributed by atoms with Gasteiger partial charge in [0, 0.05) is 5.92 Å². The zero-order valence-corrected chi connectivity index (χ0v) is 19.5. The maximum atomic E-state index is 12.7. The van der Waals surface area contributed by atoms with E-state index in [1.54, 1.807) is 36.4 Å². The van der Waals surface area contributed by atoms with Gasteiger partial charge in [0.25, 0.3) is 5.91 Å². The Hall–Kier alpha value is -4.24. The van der Waals surface area contributed by atoms with Crippen molar-refractivity contribution in [1.82, 2.24) is 5.01 Å². The van der Waals surface area contributed by atoms with Crippen molar-refractivity contribution >= 4 is 45.8 Å². The molecule has 1 N–H and O–H groups in total. The van der Waals surface area contributed by atoms with Gasteiger partial charge in [-0.25, -0.2) is 4.79 Å². The number of carbonyl (C=O) groups is 2. The Morgan fingerprint density at radius 2 is 1.91 bits per heavy atom. The van der Waals surface area contributed by atoms with Crippen LogP contribution in [0, 0.1) is 5.41 Å². The van der Waals surface area contributed by atoms with Gasteiger partial charge in [0.15, 0.2) is 5.84 Å². The number of aliphatic imine (C=N–C) groups is 1. The van der Waals surface area contributed by atoms with E-state index in [1.807, 2.05) is 30.3 Å². The fraction of sp³-hybridized carbons (Fsp3) is 0.115. The molecule has 5 rings (SSSR count). The maximum absolute atomic E-state index is 12.7. The number of furan rings is 1. The van der Waals surface area contributed by atoms with Crippen molar-refractivity contribution in [3.8, 4) is 5.75 Å². The molecule has 0 spiro atoms. The topological polar surface area (TPSA) is 108 Å². The molecule has 174 valence electrons. The van der Waals surface area contributed by atoms with E-state index in [0.29, 0.717) is 16.5 Å². The molecule has 1 unspecified atom stereocenters.